The average molecular weight is 420 g/mol. The number of carbonyl (C=O) groups excluding carboxylic acids is 3. The molecule has 1 aliphatic heterocycles. The first-order chi connectivity index (χ1) is 13.9. The van der Waals surface area contributed by atoms with E-state index in [9.17, 15) is 14.4 Å². The number of hydrogen-bond donors (Lipinski definition) is 1. The third kappa shape index (κ3) is 4.81. The molecule has 3 rings (SSSR count). The summed E-state index contributed by atoms with van der Waals surface area (Å²) < 4.78 is 9.66. The number of rotatable bonds is 5. The van der Waals surface area contributed by atoms with Gasteiger partial charge in [-0.1, -0.05) is 0 Å². The fraction of sp³-hybridized carbons (Fsp3) is 0.526. The number of nitrogens with one attached hydrogen (secondary N) is 1. The molecule has 2 aromatic rings. The zero-order valence-corrected chi connectivity index (χ0v) is 17.5. The van der Waals surface area contributed by atoms with Crippen molar-refractivity contribution in [2.75, 3.05) is 31.2 Å². The van der Waals surface area contributed by atoms with Crippen LogP contribution >= 0.6 is 11.3 Å². The highest BCUT2D eigenvalue weighted by atomic mass is 32.1. The lowest BCUT2D eigenvalue weighted by atomic mass is 9.97. The molecule has 0 aromatic carbocycles. The van der Waals surface area contributed by atoms with Crippen LogP contribution in [0, 0.1) is 19.8 Å². The van der Waals surface area contributed by atoms with E-state index in [0.717, 1.165) is 16.0 Å². The molecule has 1 saturated heterocycles. The highest BCUT2D eigenvalue weighted by Gasteiger charge is 2.28. The number of anilines is 1. The SMILES string of the molecule is CCOC(=O)NC(=O)COC(=O)C1CCN(c2ncnc3sc(C)c(C)c23)CC1. The predicted octanol–water partition coefficient (Wildman–Crippen LogP) is 2.34. The van der Waals surface area contributed by atoms with Crippen molar-refractivity contribution < 1.29 is 23.9 Å². The minimum Gasteiger partial charge on any atom is -0.455 e. The Hall–Kier alpha value is -2.75. The van der Waals surface area contributed by atoms with E-state index >= 15 is 0 Å². The smallest absolute Gasteiger partial charge is 0.413 e. The average Bonchev–Trinajstić information content (AvgIpc) is 3.00. The van der Waals surface area contributed by atoms with Crippen molar-refractivity contribution in [2.24, 2.45) is 5.92 Å². The van der Waals surface area contributed by atoms with Crippen LogP contribution in [0.2, 0.25) is 0 Å². The van der Waals surface area contributed by atoms with Gasteiger partial charge in [0.15, 0.2) is 6.61 Å². The van der Waals surface area contributed by atoms with Gasteiger partial charge >= 0.3 is 12.1 Å². The summed E-state index contributed by atoms with van der Waals surface area (Å²) in [5.74, 6) is -0.526. The van der Waals surface area contributed by atoms with E-state index in [1.807, 2.05) is 5.32 Å². The molecular formula is C19H24N4O5S. The van der Waals surface area contributed by atoms with Crippen molar-refractivity contribution >= 4 is 45.3 Å². The number of hydrogen-bond acceptors (Lipinski definition) is 9. The molecule has 9 nitrogen and oxygen atoms in total. The third-order valence-electron chi connectivity index (χ3n) is 4.94. The number of piperidine rings is 1. The number of carbonyl (C=O) groups is 3. The van der Waals surface area contributed by atoms with Crippen molar-refractivity contribution in [3.05, 3.63) is 16.8 Å². The van der Waals surface area contributed by atoms with E-state index in [2.05, 4.69) is 33.5 Å². The number of aryl methyl sites for hydroxylation is 2. The maximum Gasteiger partial charge on any atom is 0.413 e. The summed E-state index contributed by atoms with van der Waals surface area (Å²) in [6.45, 7) is 6.75. The van der Waals surface area contributed by atoms with Gasteiger partial charge in [0.05, 0.1) is 17.9 Å². The molecule has 0 bridgehead atoms. The molecule has 0 radical (unpaired) electrons. The molecule has 3 heterocycles. The summed E-state index contributed by atoms with van der Waals surface area (Å²) in [4.78, 5) is 48.3. The fourth-order valence-electron chi connectivity index (χ4n) is 3.30. The van der Waals surface area contributed by atoms with E-state index < -0.39 is 24.6 Å². The quantitative estimate of drug-likeness (QED) is 0.734. The topological polar surface area (TPSA) is 111 Å². The Morgan fingerprint density at radius 3 is 2.62 bits per heavy atom. The number of imide groups is 1. The van der Waals surface area contributed by atoms with Gasteiger partial charge in [0.25, 0.3) is 5.91 Å². The lowest BCUT2D eigenvalue weighted by Gasteiger charge is -2.32. The first kappa shape index (κ1) is 21.0. The summed E-state index contributed by atoms with van der Waals surface area (Å²) in [7, 11) is 0. The molecule has 1 aliphatic rings. The molecule has 2 amide bonds. The minimum atomic E-state index is -0.850. The van der Waals surface area contributed by atoms with Gasteiger partial charge in [0.2, 0.25) is 0 Å². The van der Waals surface area contributed by atoms with Gasteiger partial charge < -0.3 is 14.4 Å². The second kappa shape index (κ2) is 9.17. The zero-order chi connectivity index (χ0) is 21.0. The standard InChI is InChI=1S/C19H24N4O5S/c1-4-27-19(26)22-14(24)9-28-18(25)13-5-7-23(8-6-13)16-15-11(2)12(3)29-17(15)21-10-20-16/h10,13H,4-9H2,1-3H3,(H,22,24,26). The Morgan fingerprint density at radius 2 is 1.93 bits per heavy atom. The minimum absolute atomic E-state index is 0.153. The van der Waals surface area contributed by atoms with Crippen LogP contribution in [-0.2, 0) is 19.1 Å². The molecule has 0 unspecified atom stereocenters. The molecule has 0 saturated carbocycles. The van der Waals surface area contributed by atoms with Crippen LogP contribution in [0.1, 0.15) is 30.2 Å². The number of amides is 2. The number of esters is 1. The summed E-state index contributed by atoms with van der Waals surface area (Å²) in [6, 6.07) is 0. The molecule has 29 heavy (non-hydrogen) atoms. The van der Waals surface area contributed by atoms with E-state index in [-0.39, 0.29) is 12.5 Å². The Labute approximate surface area is 172 Å². The van der Waals surface area contributed by atoms with Crippen LogP contribution in [0.15, 0.2) is 6.33 Å². The Morgan fingerprint density at radius 1 is 1.21 bits per heavy atom. The molecule has 2 aromatic heterocycles. The second-order valence-corrected chi connectivity index (χ2v) is 8.00. The molecule has 1 fully saturated rings. The summed E-state index contributed by atoms with van der Waals surface area (Å²) in [5.41, 5.74) is 1.19. The van der Waals surface area contributed by atoms with Gasteiger partial charge in [-0.3, -0.25) is 14.9 Å². The van der Waals surface area contributed by atoms with Crippen molar-refractivity contribution in [1.29, 1.82) is 0 Å². The van der Waals surface area contributed by atoms with Crippen LogP contribution in [-0.4, -0.2) is 54.2 Å². The molecule has 0 spiro atoms. The fourth-order valence-corrected chi connectivity index (χ4v) is 4.29. The van der Waals surface area contributed by atoms with Gasteiger partial charge in [-0.15, -0.1) is 11.3 Å². The Kier molecular flexibility index (Phi) is 6.63. The lowest BCUT2D eigenvalue weighted by molar-refractivity contribution is -0.153. The third-order valence-corrected chi connectivity index (χ3v) is 6.05. The van der Waals surface area contributed by atoms with E-state index in [0.29, 0.717) is 25.9 Å². The highest BCUT2D eigenvalue weighted by Crippen LogP contribution is 2.35. The largest absolute Gasteiger partial charge is 0.455 e. The predicted molar refractivity (Wildman–Crippen MR) is 108 cm³/mol. The number of aromatic nitrogens is 2. The molecule has 1 N–H and O–H groups in total. The summed E-state index contributed by atoms with van der Waals surface area (Å²) in [5, 5.41) is 3.07. The second-order valence-electron chi connectivity index (χ2n) is 6.80. The van der Waals surface area contributed by atoms with Crippen molar-refractivity contribution in [3.8, 4) is 0 Å². The van der Waals surface area contributed by atoms with E-state index in [1.54, 1.807) is 24.6 Å². The molecule has 0 atom stereocenters. The Bertz CT molecular complexity index is 921. The van der Waals surface area contributed by atoms with Crippen LogP contribution in [0.3, 0.4) is 0 Å². The van der Waals surface area contributed by atoms with E-state index in [1.165, 1.54) is 10.4 Å². The molecular weight excluding hydrogens is 396 g/mol. The lowest BCUT2D eigenvalue weighted by Crippen LogP contribution is -2.39. The summed E-state index contributed by atoms with van der Waals surface area (Å²) in [6.07, 6.45) is 1.94. The van der Waals surface area contributed by atoms with Crippen LogP contribution in [0.4, 0.5) is 10.6 Å². The normalized spacial score (nSPS) is 14.7. The van der Waals surface area contributed by atoms with Crippen molar-refractivity contribution in [1.82, 2.24) is 15.3 Å². The number of nitrogens with zero attached hydrogens (tertiary/aromatic N) is 3. The van der Waals surface area contributed by atoms with Gasteiger partial charge in [-0.2, -0.15) is 0 Å². The zero-order valence-electron chi connectivity index (χ0n) is 16.7. The Balaban J connectivity index is 1.54. The summed E-state index contributed by atoms with van der Waals surface area (Å²) >= 11 is 1.66. The van der Waals surface area contributed by atoms with Gasteiger partial charge in [0.1, 0.15) is 17.0 Å². The van der Waals surface area contributed by atoms with Crippen LogP contribution < -0.4 is 10.2 Å². The first-order valence-corrected chi connectivity index (χ1v) is 10.3. The molecule has 156 valence electrons. The molecule has 10 heteroatoms. The number of fused-ring (bicyclic) bond motifs is 1. The first-order valence-electron chi connectivity index (χ1n) is 9.49. The van der Waals surface area contributed by atoms with Gasteiger partial charge in [-0.25, -0.2) is 14.8 Å². The van der Waals surface area contributed by atoms with Gasteiger partial charge in [-0.05, 0) is 39.2 Å². The van der Waals surface area contributed by atoms with Crippen molar-refractivity contribution in [3.63, 3.8) is 0 Å². The highest BCUT2D eigenvalue weighted by molar-refractivity contribution is 7.18. The van der Waals surface area contributed by atoms with Gasteiger partial charge in [0, 0.05) is 18.0 Å². The maximum absolute atomic E-state index is 12.3. The number of alkyl carbamates (subject to hydrolysis) is 1. The monoisotopic (exact) mass is 420 g/mol. The van der Waals surface area contributed by atoms with E-state index in [4.69, 9.17) is 4.74 Å². The number of ether oxygens (including phenoxy) is 2. The van der Waals surface area contributed by atoms with Crippen LogP contribution in [0.25, 0.3) is 10.2 Å². The maximum atomic E-state index is 12.3. The molecule has 0 aliphatic carbocycles. The number of thiophene rings is 1. The van der Waals surface area contributed by atoms with Crippen molar-refractivity contribution in [2.45, 2.75) is 33.6 Å². The van der Waals surface area contributed by atoms with Crippen LogP contribution in [0.5, 0.6) is 0 Å².